The van der Waals surface area contributed by atoms with E-state index in [4.69, 9.17) is 23.2 Å². The van der Waals surface area contributed by atoms with E-state index >= 15 is 0 Å². The second kappa shape index (κ2) is 6.70. The second-order valence-corrected chi connectivity index (χ2v) is 6.35. The van der Waals surface area contributed by atoms with Crippen molar-refractivity contribution in [3.8, 4) is 0 Å². The van der Waals surface area contributed by atoms with Gasteiger partial charge in [0, 0.05) is 35.8 Å². The van der Waals surface area contributed by atoms with Gasteiger partial charge in [0.05, 0.1) is 10.7 Å². The van der Waals surface area contributed by atoms with Crippen LogP contribution < -0.4 is 10.2 Å². The monoisotopic (exact) mass is 372 g/mol. The Kier molecular flexibility index (Phi) is 5.19. The molecule has 0 amide bonds. The molecule has 2 nitrogen and oxygen atoms in total. The Labute approximate surface area is 137 Å². The van der Waals surface area contributed by atoms with Crippen molar-refractivity contribution >= 4 is 50.5 Å². The number of benzene rings is 2. The minimum atomic E-state index is 0.704. The van der Waals surface area contributed by atoms with Gasteiger partial charge in [-0.15, -0.1) is 0 Å². The number of nitrogens with zero attached hydrogens (tertiary/aromatic N) is 1. The van der Waals surface area contributed by atoms with Gasteiger partial charge in [-0.3, -0.25) is 0 Å². The van der Waals surface area contributed by atoms with Crippen molar-refractivity contribution < 1.29 is 0 Å². The van der Waals surface area contributed by atoms with Gasteiger partial charge in [0.15, 0.2) is 0 Å². The predicted octanol–water partition coefficient (Wildman–Crippen LogP) is 5.43. The molecular weight excluding hydrogens is 359 g/mol. The molecule has 0 aromatic heterocycles. The van der Waals surface area contributed by atoms with Gasteiger partial charge in [-0.05, 0) is 35.9 Å². The van der Waals surface area contributed by atoms with E-state index < -0.39 is 0 Å². The van der Waals surface area contributed by atoms with Crippen LogP contribution in [-0.2, 0) is 6.54 Å². The van der Waals surface area contributed by atoms with Crippen LogP contribution in [-0.4, -0.2) is 14.1 Å². The zero-order valence-corrected chi connectivity index (χ0v) is 14.4. The summed E-state index contributed by atoms with van der Waals surface area (Å²) >= 11 is 15.7. The third-order valence-corrected chi connectivity index (χ3v) is 4.20. The van der Waals surface area contributed by atoms with E-state index in [2.05, 4.69) is 21.2 Å². The van der Waals surface area contributed by atoms with Crippen molar-refractivity contribution in [3.05, 3.63) is 56.5 Å². The first-order chi connectivity index (χ1) is 9.47. The van der Waals surface area contributed by atoms with Gasteiger partial charge < -0.3 is 10.2 Å². The van der Waals surface area contributed by atoms with Gasteiger partial charge in [0.1, 0.15) is 0 Å². The lowest BCUT2D eigenvalue weighted by Crippen LogP contribution is -2.09. The van der Waals surface area contributed by atoms with Crippen LogP contribution in [0.2, 0.25) is 10.0 Å². The third kappa shape index (κ3) is 3.81. The first-order valence-corrected chi connectivity index (χ1v) is 7.67. The van der Waals surface area contributed by atoms with Crippen LogP contribution >= 0.6 is 39.1 Å². The summed E-state index contributed by atoms with van der Waals surface area (Å²) in [6.45, 7) is 0.704. The van der Waals surface area contributed by atoms with Crippen molar-refractivity contribution in [1.29, 1.82) is 0 Å². The molecule has 20 heavy (non-hydrogen) atoms. The predicted molar refractivity (Wildman–Crippen MR) is 92.3 cm³/mol. The fourth-order valence-electron chi connectivity index (χ4n) is 1.84. The maximum absolute atomic E-state index is 6.25. The quantitative estimate of drug-likeness (QED) is 0.768. The molecule has 0 aliphatic heterocycles. The third-order valence-electron chi connectivity index (χ3n) is 2.93. The summed E-state index contributed by atoms with van der Waals surface area (Å²) in [5, 5.41) is 4.81. The molecule has 0 bridgehead atoms. The second-order valence-electron chi connectivity index (χ2n) is 4.65. The molecule has 0 heterocycles. The number of anilines is 2. The summed E-state index contributed by atoms with van der Waals surface area (Å²) in [4.78, 5) is 1.99. The van der Waals surface area contributed by atoms with E-state index in [1.165, 1.54) is 0 Å². The van der Waals surface area contributed by atoms with E-state index in [1.54, 1.807) is 0 Å². The minimum absolute atomic E-state index is 0.704. The van der Waals surface area contributed by atoms with Crippen molar-refractivity contribution in [3.63, 3.8) is 0 Å². The summed E-state index contributed by atoms with van der Waals surface area (Å²) in [7, 11) is 3.94. The molecular formula is C15H15BrCl2N2. The highest BCUT2D eigenvalue weighted by atomic mass is 79.9. The molecule has 0 aliphatic carbocycles. The summed E-state index contributed by atoms with van der Waals surface area (Å²) in [5.74, 6) is 0. The van der Waals surface area contributed by atoms with Crippen molar-refractivity contribution in [2.24, 2.45) is 0 Å². The molecule has 0 radical (unpaired) electrons. The van der Waals surface area contributed by atoms with Crippen LogP contribution in [0.5, 0.6) is 0 Å². The lowest BCUT2D eigenvalue weighted by Gasteiger charge is -2.16. The molecule has 0 saturated carbocycles. The molecule has 106 valence electrons. The fraction of sp³-hybridized carbons (Fsp3) is 0.200. The molecule has 5 heteroatoms. The number of hydrogen-bond donors (Lipinski definition) is 1. The smallest absolute Gasteiger partial charge is 0.0659 e. The maximum Gasteiger partial charge on any atom is 0.0659 e. The van der Waals surface area contributed by atoms with Gasteiger partial charge in [-0.2, -0.15) is 0 Å². The summed E-state index contributed by atoms with van der Waals surface area (Å²) in [6, 6.07) is 11.7. The molecule has 0 atom stereocenters. The normalized spacial score (nSPS) is 10.4. The largest absolute Gasteiger partial charge is 0.381 e. The zero-order valence-electron chi connectivity index (χ0n) is 11.3. The number of nitrogens with one attached hydrogen (secondary N) is 1. The van der Waals surface area contributed by atoms with Crippen LogP contribution in [0.1, 0.15) is 5.56 Å². The topological polar surface area (TPSA) is 15.3 Å². The van der Waals surface area contributed by atoms with Gasteiger partial charge >= 0.3 is 0 Å². The Hall–Kier alpha value is -0.900. The molecule has 0 aliphatic rings. The van der Waals surface area contributed by atoms with Crippen molar-refractivity contribution in [1.82, 2.24) is 0 Å². The van der Waals surface area contributed by atoms with E-state index in [1.807, 2.05) is 55.4 Å². The standard InChI is InChI=1S/C15H15BrCl2N2/c1-20(2)15-6-5-12(8-14(15)18)19-9-10-3-4-11(17)7-13(10)16/h3-8,19H,9H2,1-2H3. The average molecular weight is 374 g/mol. The van der Waals surface area contributed by atoms with E-state index in [9.17, 15) is 0 Å². The van der Waals surface area contributed by atoms with Crippen molar-refractivity contribution in [2.45, 2.75) is 6.54 Å². The highest BCUT2D eigenvalue weighted by Gasteiger charge is 2.05. The first-order valence-electron chi connectivity index (χ1n) is 6.12. The van der Waals surface area contributed by atoms with Gasteiger partial charge in [0.2, 0.25) is 0 Å². The number of halogens is 3. The maximum atomic E-state index is 6.25. The van der Waals surface area contributed by atoms with Crippen LogP contribution in [0.15, 0.2) is 40.9 Å². The molecule has 0 fully saturated rings. The first kappa shape index (κ1) is 15.5. The lowest BCUT2D eigenvalue weighted by molar-refractivity contribution is 1.12. The van der Waals surface area contributed by atoms with Crippen LogP contribution in [0.3, 0.4) is 0 Å². The molecule has 0 spiro atoms. The van der Waals surface area contributed by atoms with E-state index in [0.717, 1.165) is 31.5 Å². The lowest BCUT2D eigenvalue weighted by atomic mass is 10.2. The Morgan fingerprint density at radius 2 is 1.85 bits per heavy atom. The molecule has 0 unspecified atom stereocenters. The SMILES string of the molecule is CN(C)c1ccc(NCc2ccc(Cl)cc2Br)cc1Cl. The summed E-state index contributed by atoms with van der Waals surface area (Å²) < 4.78 is 0.994. The zero-order chi connectivity index (χ0) is 14.7. The van der Waals surface area contributed by atoms with Gasteiger partial charge in [-0.25, -0.2) is 0 Å². The van der Waals surface area contributed by atoms with E-state index in [0.29, 0.717) is 6.54 Å². The Balaban J connectivity index is 2.09. The summed E-state index contributed by atoms with van der Waals surface area (Å²) in [6.07, 6.45) is 0. The highest BCUT2D eigenvalue weighted by Crippen LogP contribution is 2.28. The number of rotatable bonds is 4. The minimum Gasteiger partial charge on any atom is -0.381 e. The fourth-order valence-corrected chi connectivity index (χ4v) is 3.01. The molecule has 2 aromatic carbocycles. The molecule has 2 aromatic rings. The van der Waals surface area contributed by atoms with E-state index in [-0.39, 0.29) is 0 Å². The highest BCUT2D eigenvalue weighted by molar-refractivity contribution is 9.10. The molecule has 1 N–H and O–H groups in total. The van der Waals surface area contributed by atoms with Crippen LogP contribution in [0.25, 0.3) is 0 Å². The van der Waals surface area contributed by atoms with Crippen LogP contribution in [0.4, 0.5) is 11.4 Å². The Morgan fingerprint density at radius 3 is 2.45 bits per heavy atom. The van der Waals surface area contributed by atoms with Gasteiger partial charge in [-0.1, -0.05) is 45.2 Å². The molecule has 0 saturated heterocycles. The van der Waals surface area contributed by atoms with Crippen molar-refractivity contribution in [2.75, 3.05) is 24.3 Å². The summed E-state index contributed by atoms with van der Waals surface area (Å²) in [5.41, 5.74) is 3.13. The van der Waals surface area contributed by atoms with Gasteiger partial charge in [0.25, 0.3) is 0 Å². The Morgan fingerprint density at radius 1 is 1.10 bits per heavy atom. The Bertz CT molecular complexity index is 615. The number of hydrogen-bond acceptors (Lipinski definition) is 2. The van der Waals surface area contributed by atoms with Crippen LogP contribution in [0, 0.1) is 0 Å². The molecule has 2 rings (SSSR count). The average Bonchev–Trinajstić information content (AvgIpc) is 2.37.